The predicted molar refractivity (Wildman–Crippen MR) is 86.6 cm³/mol. The molecule has 1 aromatic heterocycles. The number of hydrogen-bond donors (Lipinski definition) is 1. The number of aromatic nitrogens is 2. The van der Waals surface area contributed by atoms with E-state index in [4.69, 9.17) is 0 Å². The Morgan fingerprint density at radius 2 is 1.92 bits per heavy atom. The molecule has 0 aliphatic carbocycles. The van der Waals surface area contributed by atoms with E-state index in [0.29, 0.717) is 12.1 Å². The molecule has 1 amide bonds. The van der Waals surface area contributed by atoms with Crippen LogP contribution in [0.3, 0.4) is 0 Å². The quantitative estimate of drug-likeness (QED) is 0.891. The summed E-state index contributed by atoms with van der Waals surface area (Å²) in [5.74, 6) is 0.652. The summed E-state index contributed by atoms with van der Waals surface area (Å²) in [5, 5.41) is 6.25. The Kier molecular flexibility index (Phi) is 5.31. The van der Waals surface area contributed by atoms with E-state index in [0.717, 1.165) is 29.9 Å². The molecule has 1 aromatic carbocycles. The minimum Gasteiger partial charge on any atom is -0.352 e. The minimum absolute atomic E-state index is 0.0531. The lowest BCUT2D eigenvalue weighted by molar-refractivity contribution is -0.159. The summed E-state index contributed by atoms with van der Waals surface area (Å²) < 4.78 is 41.6. The van der Waals surface area contributed by atoms with Crippen molar-refractivity contribution in [3.05, 3.63) is 35.7 Å². The van der Waals surface area contributed by atoms with E-state index in [-0.39, 0.29) is 17.6 Å². The smallest absolute Gasteiger partial charge is 0.352 e. The van der Waals surface area contributed by atoms with Crippen LogP contribution in [0.25, 0.3) is 11.4 Å². The van der Waals surface area contributed by atoms with Crippen LogP contribution in [0, 0.1) is 5.92 Å². The number of nitrogens with zero attached hydrogens (tertiary/aromatic N) is 2. The molecule has 0 radical (unpaired) electrons. The zero-order valence-corrected chi connectivity index (χ0v) is 14.0. The van der Waals surface area contributed by atoms with Gasteiger partial charge in [-0.1, -0.05) is 29.4 Å². The zero-order valence-electron chi connectivity index (χ0n) is 13.2. The minimum atomic E-state index is -4.66. The van der Waals surface area contributed by atoms with Crippen molar-refractivity contribution in [2.75, 3.05) is 11.5 Å². The van der Waals surface area contributed by atoms with Crippen molar-refractivity contribution >= 4 is 17.7 Å². The van der Waals surface area contributed by atoms with Gasteiger partial charge in [-0.25, -0.2) is 0 Å². The maximum atomic E-state index is 12.5. The molecule has 2 heterocycles. The highest BCUT2D eigenvalue weighted by Gasteiger charge is 2.38. The molecule has 1 saturated heterocycles. The number of rotatable bonds is 4. The number of carbonyl (C=O) groups excluding carboxylic acids is 1. The van der Waals surface area contributed by atoms with Crippen molar-refractivity contribution in [2.24, 2.45) is 5.92 Å². The van der Waals surface area contributed by atoms with Crippen LogP contribution in [0.4, 0.5) is 13.2 Å². The average Bonchev–Trinajstić information content (AvgIpc) is 3.11. The van der Waals surface area contributed by atoms with E-state index in [9.17, 15) is 18.0 Å². The fourth-order valence-corrected chi connectivity index (χ4v) is 3.63. The lowest BCUT2D eigenvalue weighted by Crippen LogP contribution is -2.32. The summed E-state index contributed by atoms with van der Waals surface area (Å²) in [6, 6.07) is 6.64. The van der Waals surface area contributed by atoms with Gasteiger partial charge in [0.1, 0.15) is 0 Å². The third kappa shape index (κ3) is 4.53. The van der Waals surface area contributed by atoms with Gasteiger partial charge >= 0.3 is 12.1 Å². The Balaban J connectivity index is 1.58. The van der Waals surface area contributed by atoms with Crippen molar-refractivity contribution in [3.63, 3.8) is 0 Å². The number of alkyl halides is 3. The molecule has 25 heavy (non-hydrogen) atoms. The summed E-state index contributed by atoms with van der Waals surface area (Å²) in [6.07, 6.45) is -2.86. The Hall–Kier alpha value is -2.03. The van der Waals surface area contributed by atoms with Gasteiger partial charge in [0.15, 0.2) is 0 Å². The number of hydrogen-bond acceptors (Lipinski definition) is 5. The van der Waals surface area contributed by atoms with Gasteiger partial charge in [-0.2, -0.15) is 29.9 Å². The van der Waals surface area contributed by atoms with Gasteiger partial charge in [0.05, 0.1) is 0 Å². The molecule has 134 valence electrons. The highest BCUT2D eigenvalue weighted by atomic mass is 32.2. The van der Waals surface area contributed by atoms with Gasteiger partial charge < -0.3 is 9.84 Å². The second-order valence-electron chi connectivity index (χ2n) is 5.72. The molecule has 1 fully saturated rings. The molecule has 1 aliphatic heterocycles. The summed E-state index contributed by atoms with van der Waals surface area (Å²) in [6.45, 7) is 0.378. The van der Waals surface area contributed by atoms with Gasteiger partial charge in [-0.05, 0) is 29.9 Å². The maximum Gasteiger partial charge on any atom is 0.471 e. The Labute approximate surface area is 146 Å². The first-order valence-electron chi connectivity index (χ1n) is 7.79. The van der Waals surface area contributed by atoms with E-state index < -0.39 is 12.1 Å². The van der Waals surface area contributed by atoms with Crippen LogP contribution < -0.4 is 5.32 Å². The Morgan fingerprint density at radius 3 is 2.52 bits per heavy atom. The van der Waals surface area contributed by atoms with Crippen molar-refractivity contribution in [3.8, 4) is 11.4 Å². The Bertz CT molecular complexity index is 725. The molecule has 2 aromatic rings. The zero-order chi connectivity index (χ0) is 17.9. The second-order valence-corrected chi connectivity index (χ2v) is 6.95. The lowest BCUT2D eigenvalue weighted by Gasteiger charge is -2.20. The SMILES string of the molecule is O=C(NCc1ccc(-c2noc(C(F)(F)F)n2)cc1)C1CCSCC1. The number of carbonyl (C=O) groups is 1. The van der Waals surface area contributed by atoms with Crippen LogP contribution in [0.2, 0.25) is 0 Å². The summed E-state index contributed by atoms with van der Waals surface area (Å²) in [5.41, 5.74) is 1.26. The Morgan fingerprint density at radius 1 is 1.24 bits per heavy atom. The van der Waals surface area contributed by atoms with E-state index >= 15 is 0 Å². The first kappa shape index (κ1) is 17.8. The van der Waals surface area contributed by atoms with Crippen molar-refractivity contribution in [1.82, 2.24) is 15.5 Å². The van der Waals surface area contributed by atoms with Crippen LogP contribution in [0.15, 0.2) is 28.8 Å². The van der Waals surface area contributed by atoms with Crippen molar-refractivity contribution < 1.29 is 22.5 Å². The summed E-state index contributed by atoms with van der Waals surface area (Å²) >= 11 is 1.86. The monoisotopic (exact) mass is 371 g/mol. The van der Waals surface area contributed by atoms with Crippen LogP contribution in [0.5, 0.6) is 0 Å². The molecule has 1 N–H and O–H groups in total. The first-order valence-corrected chi connectivity index (χ1v) is 8.94. The van der Waals surface area contributed by atoms with Crippen LogP contribution in [0.1, 0.15) is 24.3 Å². The van der Waals surface area contributed by atoms with Gasteiger partial charge in [0, 0.05) is 18.0 Å². The van der Waals surface area contributed by atoms with Crippen molar-refractivity contribution in [2.45, 2.75) is 25.6 Å². The highest BCUT2D eigenvalue weighted by molar-refractivity contribution is 7.99. The molecule has 5 nitrogen and oxygen atoms in total. The topological polar surface area (TPSA) is 68.0 Å². The second kappa shape index (κ2) is 7.47. The molecule has 0 bridgehead atoms. The number of benzene rings is 1. The predicted octanol–water partition coefficient (Wildman–Crippen LogP) is 3.51. The maximum absolute atomic E-state index is 12.5. The van der Waals surface area contributed by atoms with Gasteiger partial charge in [-0.3, -0.25) is 4.79 Å². The van der Waals surface area contributed by atoms with Gasteiger partial charge in [0.2, 0.25) is 11.7 Å². The van der Waals surface area contributed by atoms with E-state index in [2.05, 4.69) is 20.0 Å². The normalized spacial score (nSPS) is 16.0. The van der Waals surface area contributed by atoms with Crippen LogP contribution in [-0.4, -0.2) is 27.6 Å². The third-order valence-corrected chi connectivity index (χ3v) is 4.99. The summed E-state index contributed by atoms with van der Waals surface area (Å²) in [7, 11) is 0. The fourth-order valence-electron chi connectivity index (χ4n) is 2.52. The largest absolute Gasteiger partial charge is 0.471 e. The standard InChI is InChI=1S/C16H16F3N3O2S/c17-16(18,19)15-21-13(22-24-15)11-3-1-10(2-4-11)9-20-14(23)12-5-7-25-8-6-12/h1-4,12H,5-9H2,(H,20,23). The van der Waals surface area contributed by atoms with Gasteiger partial charge in [-0.15, -0.1) is 0 Å². The molecule has 1 aliphatic rings. The molecule has 3 rings (SSSR count). The van der Waals surface area contributed by atoms with Gasteiger partial charge in [0.25, 0.3) is 0 Å². The van der Waals surface area contributed by atoms with Crippen molar-refractivity contribution in [1.29, 1.82) is 0 Å². The average molecular weight is 371 g/mol. The molecule has 0 atom stereocenters. The molecule has 0 unspecified atom stereocenters. The number of halogens is 3. The third-order valence-electron chi connectivity index (χ3n) is 3.94. The van der Waals surface area contributed by atoms with E-state index in [1.165, 1.54) is 0 Å². The number of nitrogens with one attached hydrogen (secondary N) is 1. The molecular weight excluding hydrogens is 355 g/mol. The molecular formula is C16H16F3N3O2S. The van der Waals surface area contributed by atoms with E-state index in [1.54, 1.807) is 24.3 Å². The van der Waals surface area contributed by atoms with E-state index in [1.807, 2.05) is 11.8 Å². The van der Waals surface area contributed by atoms with Crippen LogP contribution in [-0.2, 0) is 17.5 Å². The fraction of sp³-hybridized carbons (Fsp3) is 0.438. The molecule has 0 spiro atoms. The highest BCUT2D eigenvalue weighted by Crippen LogP contribution is 2.29. The summed E-state index contributed by atoms with van der Waals surface area (Å²) in [4.78, 5) is 15.4. The molecule has 9 heteroatoms. The molecule has 0 saturated carbocycles. The lowest BCUT2D eigenvalue weighted by atomic mass is 10.0. The first-order chi connectivity index (χ1) is 11.9. The van der Waals surface area contributed by atoms with Crippen LogP contribution >= 0.6 is 11.8 Å². The number of amides is 1. The number of thioether (sulfide) groups is 1.